The van der Waals surface area contributed by atoms with Crippen molar-refractivity contribution in [2.45, 2.75) is 0 Å². The first kappa shape index (κ1) is 46.7. The third-order valence-electron chi connectivity index (χ3n) is 16.2. The molecule has 0 radical (unpaired) electrons. The molecule has 0 unspecified atom stereocenters. The maximum Gasteiger partial charge on any atom is 0.0541 e. The van der Waals surface area contributed by atoms with E-state index in [1.807, 2.05) is 0 Å². The number of nitrogens with zero attached hydrogens (tertiary/aromatic N) is 2. The maximum atomic E-state index is 2.45. The van der Waals surface area contributed by atoms with Crippen molar-refractivity contribution in [2.24, 2.45) is 0 Å². The fraction of sp³-hybridized carbons (Fsp3) is 0. The smallest absolute Gasteiger partial charge is 0.0541 e. The summed E-state index contributed by atoms with van der Waals surface area (Å²) >= 11 is 0. The summed E-state index contributed by atoms with van der Waals surface area (Å²) in [7, 11) is 0. The lowest BCUT2D eigenvalue weighted by molar-refractivity contribution is 1.18. The molecule has 1 aromatic heterocycles. The van der Waals surface area contributed by atoms with Gasteiger partial charge in [-0.1, -0.05) is 255 Å². The van der Waals surface area contributed by atoms with Gasteiger partial charge in [-0.3, -0.25) is 0 Å². The second kappa shape index (κ2) is 19.8. The molecule has 14 aromatic carbocycles. The molecule has 80 heavy (non-hydrogen) atoms. The van der Waals surface area contributed by atoms with E-state index < -0.39 is 0 Å². The van der Waals surface area contributed by atoms with Gasteiger partial charge in [0.15, 0.2) is 0 Å². The van der Waals surface area contributed by atoms with Crippen molar-refractivity contribution in [2.75, 3.05) is 4.90 Å². The van der Waals surface area contributed by atoms with Gasteiger partial charge in [-0.15, -0.1) is 0 Å². The lowest BCUT2D eigenvalue weighted by Gasteiger charge is -2.26. The van der Waals surface area contributed by atoms with Crippen molar-refractivity contribution in [3.05, 3.63) is 315 Å². The van der Waals surface area contributed by atoms with Crippen LogP contribution in [0.4, 0.5) is 17.1 Å². The quantitative estimate of drug-likeness (QED) is 0.133. The Kier molecular flexibility index (Phi) is 11.6. The number of para-hydroxylation sites is 2. The Labute approximate surface area is 466 Å². The molecule has 374 valence electrons. The van der Waals surface area contributed by atoms with Gasteiger partial charge in [0.1, 0.15) is 0 Å². The summed E-state index contributed by atoms with van der Waals surface area (Å²) in [4.78, 5) is 2.40. The molecular formula is C78H52N2. The van der Waals surface area contributed by atoms with Gasteiger partial charge >= 0.3 is 0 Å². The lowest BCUT2D eigenvalue weighted by atomic mass is 9.91. The van der Waals surface area contributed by atoms with Crippen molar-refractivity contribution in [3.63, 3.8) is 0 Å². The zero-order valence-corrected chi connectivity index (χ0v) is 43.9. The van der Waals surface area contributed by atoms with Crippen LogP contribution < -0.4 is 4.90 Å². The monoisotopic (exact) mass is 1020 g/mol. The van der Waals surface area contributed by atoms with Crippen molar-refractivity contribution in [1.29, 1.82) is 0 Å². The second-order valence-corrected chi connectivity index (χ2v) is 20.8. The standard InChI is InChI=1S/C78H52N2/c1-3-18-54(19-4-1)67-32-14-24-59-26-16-34-69(77(59)67)56-38-45-62(46-39-56)79(63-47-40-57(41-48-63)70-35-17-27-60-25-15-33-68(78(60)70)55-20-5-2-6-21-55)64-49-42-58(43-50-64)73-52-61(66-31-13-23-53-22-7-8-28-65(53)66)44-51-76(73)80-74-36-11-9-29-71(74)72-30-10-12-37-75(72)80/h1-52H. The minimum atomic E-state index is 1.06. The predicted molar refractivity (Wildman–Crippen MR) is 341 cm³/mol. The van der Waals surface area contributed by atoms with E-state index in [0.717, 1.165) is 33.9 Å². The molecule has 0 aliphatic carbocycles. The summed E-state index contributed by atoms with van der Waals surface area (Å²) in [6, 6.07) is 116. The molecule has 15 rings (SSSR count). The number of benzene rings is 14. The highest BCUT2D eigenvalue weighted by molar-refractivity contribution is 6.11. The molecule has 0 aliphatic heterocycles. The second-order valence-electron chi connectivity index (χ2n) is 20.8. The van der Waals surface area contributed by atoms with E-state index in [2.05, 4.69) is 325 Å². The van der Waals surface area contributed by atoms with Gasteiger partial charge in [0, 0.05) is 33.4 Å². The summed E-state index contributed by atoms with van der Waals surface area (Å²) in [5.74, 6) is 0. The molecule has 0 bridgehead atoms. The van der Waals surface area contributed by atoms with Gasteiger partial charge in [0.2, 0.25) is 0 Å². The van der Waals surface area contributed by atoms with Crippen molar-refractivity contribution >= 4 is 71.2 Å². The Morgan fingerprint density at radius 3 is 1.01 bits per heavy atom. The molecule has 2 nitrogen and oxygen atoms in total. The predicted octanol–water partition coefficient (Wildman–Crippen LogP) is 21.7. The van der Waals surface area contributed by atoms with Gasteiger partial charge in [-0.2, -0.15) is 0 Å². The van der Waals surface area contributed by atoms with E-state index >= 15 is 0 Å². The number of fused-ring (bicyclic) bond motifs is 6. The molecule has 0 atom stereocenters. The summed E-state index contributed by atoms with van der Waals surface area (Å²) in [5.41, 5.74) is 21.0. The van der Waals surface area contributed by atoms with Crippen LogP contribution in [0.3, 0.4) is 0 Å². The Morgan fingerprint density at radius 2 is 0.550 bits per heavy atom. The molecule has 0 N–H and O–H groups in total. The molecule has 0 saturated carbocycles. The maximum absolute atomic E-state index is 2.45. The van der Waals surface area contributed by atoms with Gasteiger partial charge in [-0.25, -0.2) is 0 Å². The first-order valence-corrected chi connectivity index (χ1v) is 27.6. The van der Waals surface area contributed by atoms with Crippen molar-refractivity contribution in [3.8, 4) is 72.4 Å². The van der Waals surface area contributed by atoms with Crippen LogP contribution in [-0.2, 0) is 0 Å². The molecule has 0 fully saturated rings. The fourth-order valence-electron chi connectivity index (χ4n) is 12.5. The van der Waals surface area contributed by atoms with E-state index in [9.17, 15) is 0 Å². The minimum absolute atomic E-state index is 1.06. The number of aromatic nitrogens is 1. The van der Waals surface area contributed by atoms with Crippen LogP contribution in [0.1, 0.15) is 0 Å². The van der Waals surface area contributed by atoms with Crippen LogP contribution in [0.15, 0.2) is 315 Å². The first-order chi connectivity index (χ1) is 39.7. The Balaban J connectivity index is 0.882. The molecule has 0 spiro atoms. The topological polar surface area (TPSA) is 8.17 Å². The number of hydrogen-bond acceptors (Lipinski definition) is 1. The number of hydrogen-bond donors (Lipinski definition) is 0. The van der Waals surface area contributed by atoms with E-state index in [1.165, 1.54) is 110 Å². The molecule has 15 aromatic rings. The molecule has 0 saturated heterocycles. The van der Waals surface area contributed by atoms with Crippen LogP contribution in [0.5, 0.6) is 0 Å². The third kappa shape index (κ3) is 8.13. The van der Waals surface area contributed by atoms with Crippen LogP contribution in [0.2, 0.25) is 0 Å². The van der Waals surface area contributed by atoms with Crippen molar-refractivity contribution < 1.29 is 0 Å². The fourth-order valence-corrected chi connectivity index (χ4v) is 12.5. The molecule has 0 aliphatic rings. The van der Waals surface area contributed by atoms with Crippen LogP contribution in [0.25, 0.3) is 127 Å². The molecule has 1 heterocycles. The Morgan fingerprint density at radius 1 is 0.212 bits per heavy atom. The average Bonchev–Trinajstić information content (AvgIpc) is 4.03. The van der Waals surface area contributed by atoms with Crippen LogP contribution in [0, 0.1) is 0 Å². The zero-order chi connectivity index (χ0) is 52.9. The molecule has 0 amide bonds. The summed E-state index contributed by atoms with van der Waals surface area (Å²) in [5, 5.41) is 9.90. The number of rotatable bonds is 10. The largest absolute Gasteiger partial charge is 0.311 e. The van der Waals surface area contributed by atoms with Crippen LogP contribution >= 0.6 is 0 Å². The molecule has 2 heteroatoms. The van der Waals surface area contributed by atoms with Crippen LogP contribution in [-0.4, -0.2) is 4.57 Å². The third-order valence-corrected chi connectivity index (χ3v) is 16.2. The van der Waals surface area contributed by atoms with Gasteiger partial charge in [0.05, 0.1) is 16.7 Å². The lowest BCUT2D eigenvalue weighted by Crippen LogP contribution is -2.10. The summed E-state index contributed by atoms with van der Waals surface area (Å²) in [6.45, 7) is 0. The SMILES string of the molecule is c1ccc(-c2cccc3cccc(-c4ccc(N(c5ccc(-c6cc(-c7cccc8ccccc78)ccc6-n6c7ccccc7c7ccccc76)cc5)c5ccc(-c6cccc7cccc(-c8ccccc8)c67)cc5)cc4)c23)cc1. The summed E-state index contributed by atoms with van der Waals surface area (Å²) < 4.78 is 2.45. The molecular weight excluding hydrogens is 965 g/mol. The Bertz CT molecular complexity index is 4550. The number of anilines is 3. The van der Waals surface area contributed by atoms with E-state index in [0.29, 0.717) is 0 Å². The zero-order valence-electron chi connectivity index (χ0n) is 43.9. The van der Waals surface area contributed by atoms with Crippen molar-refractivity contribution in [1.82, 2.24) is 4.57 Å². The summed E-state index contributed by atoms with van der Waals surface area (Å²) in [6.07, 6.45) is 0. The van der Waals surface area contributed by atoms with E-state index in [-0.39, 0.29) is 0 Å². The van der Waals surface area contributed by atoms with E-state index in [4.69, 9.17) is 0 Å². The normalized spacial score (nSPS) is 11.5. The minimum Gasteiger partial charge on any atom is -0.311 e. The highest BCUT2D eigenvalue weighted by atomic mass is 15.1. The van der Waals surface area contributed by atoms with Gasteiger partial charge < -0.3 is 9.47 Å². The highest BCUT2D eigenvalue weighted by Gasteiger charge is 2.20. The highest BCUT2D eigenvalue weighted by Crippen LogP contribution is 2.44. The van der Waals surface area contributed by atoms with E-state index in [1.54, 1.807) is 0 Å². The van der Waals surface area contributed by atoms with Gasteiger partial charge in [-0.05, 0) is 154 Å². The van der Waals surface area contributed by atoms with Gasteiger partial charge in [0.25, 0.3) is 0 Å². The Hall–Kier alpha value is -10.5. The first-order valence-electron chi connectivity index (χ1n) is 27.6. The average molecular weight is 1020 g/mol.